The standard InChI is InChI=1S/C19H24N4O3S/c24-17-3-1-2-7-23(17)14-18(25)22-8-4-19(5-9-22)15-21(10-11-26-19)13-16-20-6-12-27-16/h1-3,6-7,12H,4-5,8-11,13-15H2. The Kier molecular flexibility index (Phi) is 5.38. The average Bonchev–Trinajstić information content (AvgIpc) is 3.17. The number of amides is 1. The minimum absolute atomic E-state index is 0.00592. The highest BCUT2D eigenvalue weighted by molar-refractivity contribution is 7.09. The summed E-state index contributed by atoms with van der Waals surface area (Å²) < 4.78 is 7.63. The fourth-order valence-electron chi connectivity index (χ4n) is 3.88. The minimum Gasteiger partial charge on any atom is -0.372 e. The van der Waals surface area contributed by atoms with Crippen LogP contribution in [0.5, 0.6) is 0 Å². The molecular weight excluding hydrogens is 364 g/mol. The molecule has 2 saturated heterocycles. The second kappa shape index (κ2) is 7.92. The molecule has 2 aromatic heterocycles. The normalized spacial score (nSPS) is 20.1. The lowest BCUT2D eigenvalue weighted by molar-refractivity contribution is -0.151. The number of pyridine rings is 1. The summed E-state index contributed by atoms with van der Waals surface area (Å²) in [6.07, 6.45) is 5.17. The van der Waals surface area contributed by atoms with Crippen LogP contribution in [-0.2, 0) is 22.6 Å². The Morgan fingerprint density at radius 3 is 2.85 bits per heavy atom. The summed E-state index contributed by atoms with van der Waals surface area (Å²) in [7, 11) is 0. The van der Waals surface area contributed by atoms with E-state index >= 15 is 0 Å². The van der Waals surface area contributed by atoms with Gasteiger partial charge in [0, 0.05) is 50.0 Å². The molecule has 7 nitrogen and oxygen atoms in total. The summed E-state index contributed by atoms with van der Waals surface area (Å²) in [5.41, 5.74) is -0.316. The van der Waals surface area contributed by atoms with E-state index in [1.807, 2.05) is 16.5 Å². The maximum atomic E-state index is 12.6. The summed E-state index contributed by atoms with van der Waals surface area (Å²) in [6.45, 7) is 4.83. The Bertz CT molecular complexity index is 827. The van der Waals surface area contributed by atoms with Gasteiger partial charge in [-0.2, -0.15) is 0 Å². The molecule has 0 N–H and O–H groups in total. The van der Waals surface area contributed by atoms with Crippen molar-refractivity contribution in [1.82, 2.24) is 19.4 Å². The predicted molar refractivity (Wildman–Crippen MR) is 103 cm³/mol. The van der Waals surface area contributed by atoms with E-state index < -0.39 is 0 Å². The fraction of sp³-hybridized carbons (Fsp3) is 0.526. The second-order valence-corrected chi connectivity index (χ2v) is 8.19. The highest BCUT2D eigenvalue weighted by Gasteiger charge is 2.40. The summed E-state index contributed by atoms with van der Waals surface area (Å²) in [5.74, 6) is -0.00592. The number of hydrogen-bond acceptors (Lipinski definition) is 6. The first-order valence-electron chi connectivity index (χ1n) is 9.32. The lowest BCUT2D eigenvalue weighted by atomic mass is 9.89. The Morgan fingerprint density at radius 1 is 1.26 bits per heavy atom. The van der Waals surface area contributed by atoms with Crippen molar-refractivity contribution < 1.29 is 9.53 Å². The van der Waals surface area contributed by atoms with E-state index in [4.69, 9.17) is 4.74 Å². The largest absolute Gasteiger partial charge is 0.372 e. The lowest BCUT2D eigenvalue weighted by Crippen LogP contribution is -2.57. The zero-order valence-electron chi connectivity index (χ0n) is 15.2. The molecule has 0 atom stereocenters. The molecule has 4 rings (SSSR count). The van der Waals surface area contributed by atoms with Gasteiger partial charge in [-0.15, -0.1) is 11.3 Å². The highest BCUT2D eigenvalue weighted by Crippen LogP contribution is 2.31. The Balaban J connectivity index is 1.33. The number of thiazole rings is 1. The van der Waals surface area contributed by atoms with Crippen LogP contribution < -0.4 is 5.56 Å². The second-order valence-electron chi connectivity index (χ2n) is 7.22. The van der Waals surface area contributed by atoms with Gasteiger partial charge in [-0.1, -0.05) is 6.07 Å². The van der Waals surface area contributed by atoms with Crippen LogP contribution in [0.15, 0.2) is 40.8 Å². The zero-order chi connectivity index (χ0) is 18.7. The molecule has 2 aliphatic heterocycles. The van der Waals surface area contributed by atoms with Gasteiger partial charge in [0.15, 0.2) is 0 Å². The molecule has 2 aliphatic rings. The molecule has 0 aliphatic carbocycles. The van der Waals surface area contributed by atoms with Crippen molar-refractivity contribution in [2.75, 3.05) is 32.8 Å². The topological polar surface area (TPSA) is 67.7 Å². The first kappa shape index (κ1) is 18.3. The molecule has 0 aromatic carbocycles. The molecule has 2 aromatic rings. The molecular formula is C19H24N4O3S. The van der Waals surface area contributed by atoms with Crippen molar-refractivity contribution in [2.24, 2.45) is 0 Å². The number of ether oxygens (including phenoxy) is 1. The van der Waals surface area contributed by atoms with Gasteiger partial charge in [0.1, 0.15) is 11.6 Å². The van der Waals surface area contributed by atoms with Gasteiger partial charge in [-0.05, 0) is 18.9 Å². The fourth-order valence-corrected chi connectivity index (χ4v) is 4.54. The number of likely N-dealkylation sites (tertiary alicyclic amines) is 1. The number of nitrogens with zero attached hydrogens (tertiary/aromatic N) is 4. The van der Waals surface area contributed by atoms with Gasteiger partial charge in [0.05, 0.1) is 18.8 Å². The van der Waals surface area contributed by atoms with Crippen molar-refractivity contribution in [3.05, 3.63) is 51.3 Å². The van der Waals surface area contributed by atoms with Gasteiger partial charge >= 0.3 is 0 Å². The van der Waals surface area contributed by atoms with Crippen molar-refractivity contribution >= 4 is 17.2 Å². The summed E-state index contributed by atoms with van der Waals surface area (Å²) in [4.78, 5) is 33.0. The Labute approximate surface area is 162 Å². The third-order valence-electron chi connectivity index (χ3n) is 5.40. The van der Waals surface area contributed by atoms with Gasteiger partial charge in [-0.25, -0.2) is 4.98 Å². The van der Waals surface area contributed by atoms with Crippen LogP contribution in [0.1, 0.15) is 17.8 Å². The van der Waals surface area contributed by atoms with Gasteiger partial charge in [0.25, 0.3) is 5.56 Å². The summed E-state index contributed by atoms with van der Waals surface area (Å²) in [6, 6.07) is 4.93. The molecule has 27 heavy (non-hydrogen) atoms. The molecule has 144 valence electrons. The Hall–Kier alpha value is -2.03. The number of carbonyl (C=O) groups excluding carboxylic acids is 1. The smallest absolute Gasteiger partial charge is 0.250 e. The van der Waals surface area contributed by atoms with Gasteiger partial charge < -0.3 is 14.2 Å². The molecule has 1 amide bonds. The van der Waals surface area contributed by atoms with Crippen molar-refractivity contribution in [2.45, 2.75) is 31.5 Å². The van der Waals surface area contributed by atoms with E-state index in [-0.39, 0.29) is 23.6 Å². The van der Waals surface area contributed by atoms with Crippen LogP contribution in [0.3, 0.4) is 0 Å². The maximum Gasteiger partial charge on any atom is 0.250 e. The molecule has 0 radical (unpaired) electrons. The molecule has 0 bridgehead atoms. The monoisotopic (exact) mass is 388 g/mol. The molecule has 1 spiro atoms. The molecule has 0 unspecified atom stereocenters. The molecule has 0 saturated carbocycles. The number of morpholine rings is 1. The van der Waals surface area contributed by atoms with Gasteiger partial charge in [-0.3, -0.25) is 14.5 Å². The SMILES string of the molecule is O=C(Cn1ccccc1=O)N1CCC2(CC1)CN(Cc1nccs1)CCO2. The van der Waals surface area contributed by atoms with E-state index in [0.717, 1.165) is 44.1 Å². The van der Waals surface area contributed by atoms with Crippen molar-refractivity contribution in [3.8, 4) is 0 Å². The maximum absolute atomic E-state index is 12.6. The molecule has 2 fully saturated rings. The third kappa shape index (κ3) is 4.28. The van der Waals surface area contributed by atoms with E-state index in [0.29, 0.717) is 13.1 Å². The van der Waals surface area contributed by atoms with Crippen molar-refractivity contribution in [1.29, 1.82) is 0 Å². The molecule has 4 heterocycles. The number of piperidine rings is 1. The first-order chi connectivity index (χ1) is 13.1. The summed E-state index contributed by atoms with van der Waals surface area (Å²) >= 11 is 1.68. The van der Waals surface area contributed by atoms with E-state index in [1.54, 1.807) is 29.7 Å². The third-order valence-corrected chi connectivity index (χ3v) is 6.17. The van der Waals surface area contributed by atoms with E-state index in [1.165, 1.54) is 10.6 Å². The predicted octanol–water partition coefficient (Wildman–Crippen LogP) is 1.20. The van der Waals surface area contributed by atoms with E-state index in [9.17, 15) is 9.59 Å². The lowest BCUT2D eigenvalue weighted by Gasteiger charge is -2.47. The number of carbonyl (C=O) groups is 1. The summed E-state index contributed by atoms with van der Waals surface area (Å²) in [5, 5.41) is 3.14. The van der Waals surface area contributed by atoms with Crippen LogP contribution in [0.2, 0.25) is 0 Å². The average molecular weight is 388 g/mol. The number of hydrogen-bond donors (Lipinski definition) is 0. The minimum atomic E-state index is -0.171. The van der Waals surface area contributed by atoms with Crippen LogP contribution in [0, 0.1) is 0 Å². The van der Waals surface area contributed by atoms with Crippen LogP contribution in [0.25, 0.3) is 0 Å². The quantitative estimate of drug-likeness (QED) is 0.787. The van der Waals surface area contributed by atoms with Gasteiger partial charge in [0.2, 0.25) is 5.91 Å². The number of rotatable bonds is 4. The van der Waals surface area contributed by atoms with Crippen LogP contribution >= 0.6 is 11.3 Å². The molecule has 8 heteroatoms. The number of aromatic nitrogens is 2. The highest BCUT2D eigenvalue weighted by atomic mass is 32.1. The van der Waals surface area contributed by atoms with E-state index in [2.05, 4.69) is 9.88 Å². The van der Waals surface area contributed by atoms with Crippen molar-refractivity contribution in [3.63, 3.8) is 0 Å². The van der Waals surface area contributed by atoms with Crippen LogP contribution in [-0.4, -0.2) is 63.6 Å². The first-order valence-corrected chi connectivity index (χ1v) is 10.2. The Morgan fingerprint density at radius 2 is 2.11 bits per heavy atom. The van der Waals surface area contributed by atoms with Crippen LogP contribution in [0.4, 0.5) is 0 Å². The zero-order valence-corrected chi connectivity index (χ0v) is 16.1.